The van der Waals surface area contributed by atoms with Gasteiger partial charge in [-0.3, -0.25) is 19.3 Å². The molecule has 17 heteroatoms. The number of hydrogen-bond donors (Lipinski definition) is 3. The number of aliphatic hydroxyl groups is 3. The third-order valence-corrected chi connectivity index (χ3v) is 14.0. The van der Waals surface area contributed by atoms with Crippen molar-refractivity contribution in [1.29, 1.82) is 0 Å². The second-order valence-corrected chi connectivity index (χ2v) is 20.0. The van der Waals surface area contributed by atoms with Crippen LogP contribution in [0.1, 0.15) is 105 Å². The van der Waals surface area contributed by atoms with E-state index in [-0.39, 0.29) is 16.7 Å². The predicted molar refractivity (Wildman–Crippen MR) is 226 cm³/mol. The summed E-state index contributed by atoms with van der Waals surface area (Å²) < 4.78 is 42.6. The number of fused-ring (bicyclic) bond motifs is 5. The van der Waals surface area contributed by atoms with Gasteiger partial charge in [-0.2, -0.15) is 0 Å². The highest BCUT2D eigenvalue weighted by atomic mass is 16.6. The molecule has 12 atom stereocenters. The van der Waals surface area contributed by atoms with Crippen molar-refractivity contribution in [2.45, 2.75) is 154 Å². The number of amides is 1. The Morgan fingerprint density at radius 1 is 0.846 bits per heavy atom. The van der Waals surface area contributed by atoms with E-state index in [0.29, 0.717) is 5.56 Å². The number of ketones is 1. The SMILES string of the molecule is CC(=O)O[C@H]1C(=O)[C@@]2(C)C([C@H](OC(=O)c3ccccc3)[C@]3(O)C[C@H](OC(=O)[C@@H]4OC(C)(C)N(C(=O)OC(C)(C)C)[C@H]4c4ccccc4)C(C)=C1C3(C)C)[C@]1(OC(C)=O)CO[C@@H]1[C@@H](O)[C@@H]2O. The van der Waals surface area contributed by atoms with Gasteiger partial charge in [-0.25, -0.2) is 14.4 Å². The smallest absolute Gasteiger partial charge is 0.413 e. The van der Waals surface area contributed by atoms with E-state index in [4.69, 9.17) is 33.2 Å². The lowest BCUT2D eigenvalue weighted by molar-refractivity contribution is -0.369. The van der Waals surface area contributed by atoms with Crippen molar-refractivity contribution in [3.8, 4) is 0 Å². The molecule has 65 heavy (non-hydrogen) atoms. The second-order valence-electron chi connectivity index (χ2n) is 20.0. The molecule has 5 aliphatic rings. The Labute approximate surface area is 377 Å². The molecule has 2 heterocycles. The summed E-state index contributed by atoms with van der Waals surface area (Å²) in [5.41, 5.74) is -10.2. The molecule has 2 saturated carbocycles. The summed E-state index contributed by atoms with van der Waals surface area (Å²) in [6, 6.07) is 15.3. The molecule has 3 N–H and O–H groups in total. The van der Waals surface area contributed by atoms with Crippen LogP contribution in [0, 0.1) is 16.7 Å². The van der Waals surface area contributed by atoms with Crippen molar-refractivity contribution in [2.75, 3.05) is 6.61 Å². The average Bonchev–Trinajstić information content (AvgIpc) is 3.50. The maximum atomic E-state index is 15.6. The van der Waals surface area contributed by atoms with Crippen LogP contribution in [0.4, 0.5) is 4.79 Å². The van der Waals surface area contributed by atoms with Crippen molar-refractivity contribution in [2.24, 2.45) is 16.7 Å². The Balaban J connectivity index is 1.43. The number of nitrogens with zero attached hydrogens (tertiary/aromatic N) is 1. The highest BCUT2D eigenvalue weighted by Gasteiger charge is 2.80. The third-order valence-electron chi connectivity index (χ3n) is 14.0. The van der Waals surface area contributed by atoms with E-state index in [1.807, 2.05) is 0 Å². The van der Waals surface area contributed by atoms with Crippen molar-refractivity contribution >= 4 is 35.8 Å². The van der Waals surface area contributed by atoms with E-state index >= 15 is 4.79 Å². The first kappa shape index (κ1) is 47.8. The summed E-state index contributed by atoms with van der Waals surface area (Å²) in [5, 5.41) is 37.6. The highest BCUT2D eigenvalue weighted by molar-refractivity contribution is 5.96. The average molecular weight is 906 g/mol. The fraction of sp³-hybridized carbons (Fsp3) is 0.583. The van der Waals surface area contributed by atoms with Gasteiger partial charge in [-0.15, -0.1) is 0 Å². The van der Waals surface area contributed by atoms with Gasteiger partial charge >= 0.3 is 30.0 Å². The van der Waals surface area contributed by atoms with E-state index in [9.17, 15) is 39.3 Å². The molecule has 352 valence electrons. The molecule has 7 rings (SSSR count). The molecule has 1 unspecified atom stereocenters. The number of carbonyl (C=O) groups is 6. The zero-order valence-corrected chi connectivity index (χ0v) is 38.5. The fourth-order valence-corrected chi connectivity index (χ4v) is 11.0. The molecule has 2 saturated heterocycles. The molecule has 3 aliphatic carbocycles. The number of hydrogen-bond acceptors (Lipinski definition) is 16. The van der Waals surface area contributed by atoms with Crippen LogP contribution in [0.3, 0.4) is 0 Å². The largest absolute Gasteiger partial charge is 0.456 e. The lowest BCUT2D eigenvalue weighted by Gasteiger charge is -2.68. The lowest BCUT2D eigenvalue weighted by Crippen LogP contribution is -2.85. The van der Waals surface area contributed by atoms with Gasteiger partial charge in [0.15, 0.2) is 23.6 Å². The minimum Gasteiger partial charge on any atom is -0.456 e. The number of esters is 4. The van der Waals surface area contributed by atoms with Gasteiger partial charge in [0.1, 0.15) is 47.4 Å². The van der Waals surface area contributed by atoms with Crippen LogP contribution in [0.25, 0.3) is 0 Å². The van der Waals surface area contributed by atoms with Crippen molar-refractivity contribution in [1.82, 2.24) is 4.90 Å². The van der Waals surface area contributed by atoms with Crippen LogP contribution in [0.2, 0.25) is 0 Å². The molecule has 4 fully saturated rings. The normalized spacial score (nSPS) is 35.8. The first-order chi connectivity index (χ1) is 30.1. The van der Waals surface area contributed by atoms with Gasteiger partial charge in [0, 0.05) is 25.7 Å². The minimum atomic E-state index is -2.45. The minimum absolute atomic E-state index is 0.0364. The van der Waals surface area contributed by atoms with Gasteiger partial charge in [0.25, 0.3) is 0 Å². The number of carbonyl (C=O) groups excluding carboxylic acids is 6. The summed E-state index contributed by atoms with van der Waals surface area (Å²) in [6.45, 7) is 15.9. The van der Waals surface area contributed by atoms with Crippen LogP contribution in [0.5, 0.6) is 0 Å². The molecule has 2 aromatic carbocycles. The van der Waals surface area contributed by atoms with E-state index in [1.54, 1.807) is 97.0 Å². The Morgan fingerprint density at radius 3 is 1.98 bits per heavy atom. The van der Waals surface area contributed by atoms with Gasteiger partial charge in [0.05, 0.1) is 29.6 Å². The van der Waals surface area contributed by atoms with E-state index < -0.39 is 137 Å². The Bertz CT molecular complexity index is 2290. The number of aliphatic hydroxyl groups excluding tert-OH is 2. The topological polar surface area (TPSA) is 231 Å². The molecular formula is C48H59NO16. The van der Waals surface area contributed by atoms with E-state index in [1.165, 1.54) is 30.9 Å². The number of ether oxygens (including phenoxy) is 7. The van der Waals surface area contributed by atoms with E-state index in [0.717, 1.165) is 13.8 Å². The van der Waals surface area contributed by atoms with Crippen LogP contribution in [-0.4, -0.2) is 128 Å². The highest BCUT2D eigenvalue weighted by Crippen LogP contribution is 2.64. The zero-order chi connectivity index (χ0) is 48.0. The lowest BCUT2D eigenvalue weighted by atomic mass is 9.44. The van der Waals surface area contributed by atoms with Crippen LogP contribution in [-0.2, 0) is 52.3 Å². The molecule has 0 spiro atoms. The molecule has 0 aromatic heterocycles. The molecular weight excluding hydrogens is 847 g/mol. The standard InChI is InChI=1S/C48H59NO16/c1-24-29(61-41(56)34-31(27-18-14-12-15-19-27)49(45(9,10)64-34)42(57)65-43(4,5)6)22-48(58)39(62-40(55)28-20-16-13-17-21-28)35-46(11,37(54)33(60-25(2)50)30(24)44(48,7)8)36(53)32(52)38-47(35,23-59-38)63-26(3)51/h12-21,29,31-36,38-39,52-53,58H,22-23H2,1-11H3/t29-,31-,32-,33+,34+,35?,36-,38+,39-,46-,47+,48+/m0/s1. The maximum Gasteiger partial charge on any atom is 0.413 e. The Morgan fingerprint density at radius 2 is 1.45 bits per heavy atom. The van der Waals surface area contributed by atoms with Crippen molar-refractivity contribution < 1.29 is 77.2 Å². The number of benzene rings is 2. The van der Waals surface area contributed by atoms with Crippen LogP contribution < -0.4 is 0 Å². The van der Waals surface area contributed by atoms with Gasteiger partial charge in [0.2, 0.25) is 0 Å². The predicted octanol–water partition coefficient (Wildman–Crippen LogP) is 4.29. The van der Waals surface area contributed by atoms with Gasteiger partial charge in [-0.05, 0) is 77.3 Å². The van der Waals surface area contributed by atoms with Crippen LogP contribution >= 0.6 is 0 Å². The number of rotatable bonds is 7. The summed E-state index contributed by atoms with van der Waals surface area (Å²) in [5.74, 6) is -6.48. The van der Waals surface area contributed by atoms with Crippen molar-refractivity contribution in [3.05, 3.63) is 82.9 Å². The first-order valence-electron chi connectivity index (χ1n) is 21.7. The molecule has 0 radical (unpaired) electrons. The fourth-order valence-electron chi connectivity index (χ4n) is 11.0. The first-order valence-corrected chi connectivity index (χ1v) is 21.7. The third kappa shape index (κ3) is 7.62. The molecule has 2 aromatic rings. The Hall–Kier alpha value is -5.20. The Kier molecular flexibility index (Phi) is 12.0. The molecule has 17 nitrogen and oxygen atoms in total. The zero-order valence-electron chi connectivity index (χ0n) is 38.5. The second kappa shape index (κ2) is 16.3. The quantitative estimate of drug-likeness (QED) is 0.200. The maximum absolute atomic E-state index is 15.6. The molecule has 2 aliphatic heterocycles. The summed E-state index contributed by atoms with van der Waals surface area (Å²) in [4.78, 5) is 86.4. The molecule has 2 bridgehead atoms. The summed E-state index contributed by atoms with van der Waals surface area (Å²) in [6.07, 6.45) is -13.5. The molecule has 1 amide bonds. The van der Waals surface area contributed by atoms with Gasteiger partial charge in [-0.1, -0.05) is 62.4 Å². The van der Waals surface area contributed by atoms with Crippen LogP contribution in [0.15, 0.2) is 71.8 Å². The summed E-state index contributed by atoms with van der Waals surface area (Å²) in [7, 11) is 0. The monoisotopic (exact) mass is 905 g/mol. The summed E-state index contributed by atoms with van der Waals surface area (Å²) >= 11 is 0. The van der Waals surface area contributed by atoms with Gasteiger partial charge < -0.3 is 48.5 Å². The van der Waals surface area contributed by atoms with Crippen molar-refractivity contribution in [3.63, 3.8) is 0 Å². The van der Waals surface area contributed by atoms with E-state index in [2.05, 4.69) is 0 Å². The number of Topliss-reactive ketones (excluding diaryl/α,β-unsaturated/α-hetero) is 1.